The molecule has 0 saturated heterocycles. The Morgan fingerprint density at radius 1 is 1.40 bits per heavy atom. The maximum absolute atomic E-state index is 5.95. The number of rotatable bonds is 6. The first-order valence-electron chi connectivity index (χ1n) is 6.71. The van der Waals surface area contributed by atoms with Crippen molar-refractivity contribution in [1.82, 2.24) is 15.3 Å². The Morgan fingerprint density at radius 3 is 3.05 bits per heavy atom. The Hall–Kier alpha value is -1.72. The maximum atomic E-state index is 5.95. The van der Waals surface area contributed by atoms with Gasteiger partial charge in [-0.05, 0) is 18.7 Å². The molecule has 4 nitrogen and oxygen atoms in total. The number of fused-ring (bicyclic) bond motifs is 1. The lowest BCUT2D eigenvalue weighted by Gasteiger charge is -2.14. The molecule has 3 aromatic rings. The summed E-state index contributed by atoms with van der Waals surface area (Å²) in [5.41, 5.74) is 0.938. The number of aromatic amines is 1. The average molecular weight is 287 g/mol. The molecule has 2 aromatic heterocycles. The normalized spacial score (nSPS) is 12.8. The molecule has 1 atom stereocenters. The number of hydrogen-bond donors (Lipinski definition) is 2. The lowest BCUT2D eigenvalue weighted by atomic mass is 10.2. The highest BCUT2D eigenvalue weighted by molar-refractivity contribution is 7.99. The number of para-hydroxylation sites is 1. The minimum Gasteiger partial charge on any atom is -0.459 e. The summed E-state index contributed by atoms with van der Waals surface area (Å²) in [5, 5.41) is 5.55. The highest BCUT2D eigenvalue weighted by Crippen LogP contribution is 2.27. The number of hydrogen-bond acceptors (Lipinski definition) is 4. The van der Waals surface area contributed by atoms with Crippen molar-refractivity contribution in [3.63, 3.8) is 0 Å². The zero-order valence-electron chi connectivity index (χ0n) is 11.3. The lowest BCUT2D eigenvalue weighted by molar-refractivity contribution is 0.463. The van der Waals surface area contributed by atoms with Crippen LogP contribution in [0.2, 0.25) is 0 Å². The Kier molecular flexibility index (Phi) is 4.08. The van der Waals surface area contributed by atoms with Gasteiger partial charge in [0.05, 0.1) is 6.04 Å². The third-order valence-corrected chi connectivity index (χ3v) is 4.10. The highest BCUT2D eigenvalue weighted by atomic mass is 32.2. The fourth-order valence-electron chi connectivity index (χ4n) is 2.15. The largest absolute Gasteiger partial charge is 0.459 e. The van der Waals surface area contributed by atoms with Crippen LogP contribution in [-0.2, 0) is 0 Å². The summed E-state index contributed by atoms with van der Waals surface area (Å²) >= 11 is 1.69. The zero-order valence-corrected chi connectivity index (χ0v) is 12.1. The van der Waals surface area contributed by atoms with Crippen LogP contribution in [0.5, 0.6) is 0 Å². The van der Waals surface area contributed by atoms with E-state index < -0.39 is 0 Å². The van der Waals surface area contributed by atoms with Crippen molar-refractivity contribution < 1.29 is 4.42 Å². The number of nitrogens with one attached hydrogen (secondary N) is 2. The molecule has 0 radical (unpaired) electrons. The molecular formula is C15H17N3OS. The topological polar surface area (TPSA) is 53.9 Å². The summed E-state index contributed by atoms with van der Waals surface area (Å²) in [5.74, 6) is 1.85. The molecule has 1 aromatic carbocycles. The molecule has 0 saturated carbocycles. The Morgan fingerprint density at radius 2 is 2.30 bits per heavy atom. The number of thioether (sulfide) groups is 1. The molecule has 2 heterocycles. The first-order valence-corrected chi connectivity index (χ1v) is 7.69. The average Bonchev–Trinajstić information content (AvgIpc) is 3.12. The number of benzene rings is 1. The molecular weight excluding hydrogens is 270 g/mol. The van der Waals surface area contributed by atoms with Crippen molar-refractivity contribution >= 4 is 22.7 Å². The Balaban J connectivity index is 1.78. The van der Waals surface area contributed by atoms with Gasteiger partial charge in [0, 0.05) is 23.5 Å². The molecule has 1 unspecified atom stereocenters. The number of imidazole rings is 1. The third-order valence-electron chi connectivity index (χ3n) is 3.10. The van der Waals surface area contributed by atoms with E-state index in [1.165, 1.54) is 0 Å². The van der Waals surface area contributed by atoms with Crippen molar-refractivity contribution in [3.8, 4) is 0 Å². The quantitative estimate of drug-likeness (QED) is 0.680. The van der Waals surface area contributed by atoms with Crippen LogP contribution in [0.1, 0.15) is 18.7 Å². The van der Waals surface area contributed by atoms with Gasteiger partial charge in [-0.1, -0.05) is 36.9 Å². The van der Waals surface area contributed by atoms with Gasteiger partial charge in [0.2, 0.25) is 0 Å². The van der Waals surface area contributed by atoms with Gasteiger partial charge < -0.3 is 14.7 Å². The summed E-state index contributed by atoms with van der Waals surface area (Å²) in [6.07, 6.45) is 3.61. The monoisotopic (exact) mass is 287 g/mol. The molecule has 0 aliphatic rings. The summed E-state index contributed by atoms with van der Waals surface area (Å²) in [6.45, 7) is 3.01. The molecule has 0 aliphatic carbocycles. The van der Waals surface area contributed by atoms with Crippen LogP contribution in [0.25, 0.3) is 11.0 Å². The number of furan rings is 1. The van der Waals surface area contributed by atoms with Gasteiger partial charge in [0.1, 0.15) is 11.3 Å². The molecule has 3 rings (SSSR count). The number of aromatic nitrogens is 2. The molecule has 0 bridgehead atoms. The first-order chi connectivity index (χ1) is 9.86. The van der Waals surface area contributed by atoms with E-state index in [0.717, 1.165) is 34.2 Å². The van der Waals surface area contributed by atoms with Crippen LogP contribution < -0.4 is 5.32 Å². The van der Waals surface area contributed by atoms with Crippen LogP contribution in [0, 0.1) is 0 Å². The lowest BCUT2D eigenvalue weighted by Crippen LogP contribution is -2.22. The molecule has 104 valence electrons. The van der Waals surface area contributed by atoms with Gasteiger partial charge in [-0.25, -0.2) is 4.98 Å². The fraction of sp³-hybridized carbons (Fsp3) is 0.267. The van der Waals surface area contributed by atoms with Gasteiger partial charge in [0.25, 0.3) is 0 Å². The van der Waals surface area contributed by atoms with E-state index >= 15 is 0 Å². The molecule has 0 amide bonds. The van der Waals surface area contributed by atoms with E-state index in [0.29, 0.717) is 0 Å². The van der Waals surface area contributed by atoms with E-state index in [1.54, 1.807) is 18.0 Å². The van der Waals surface area contributed by atoms with Gasteiger partial charge in [-0.15, -0.1) is 0 Å². The second-order valence-electron chi connectivity index (χ2n) is 4.50. The first kappa shape index (κ1) is 13.3. The highest BCUT2D eigenvalue weighted by Gasteiger charge is 2.16. The predicted octanol–water partition coefficient (Wildman–Crippen LogP) is 3.60. The van der Waals surface area contributed by atoms with E-state index in [1.807, 2.05) is 24.4 Å². The Bertz CT molecular complexity index is 630. The summed E-state index contributed by atoms with van der Waals surface area (Å²) in [4.78, 5) is 7.34. The van der Waals surface area contributed by atoms with Crippen molar-refractivity contribution in [2.24, 2.45) is 0 Å². The van der Waals surface area contributed by atoms with E-state index in [-0.39, 0.29) is 6.04 Å². The Labute approximate surface area is 122 Å². The van der Waals surface area contributed by atoms with Gasteiger partial charge in [-0.2, -0.15) is 0 Å². The summed E-state index contributed by atoms with van der Waals surface area (Å²) in [6, 6.07) is 10.4. The number of nitrogens with zero attached hydrogens (tertiary/aromatic N) is 1. The standard InChI is InChI=1S/C15H17N3OS/c1-2-16-12(10-20-15-17-7-8-18-15)14-9-11-5-3-4-6-13(11)19-14/h3-9,12,16H,2,10H2,1H3,(H,17,18). The molecule has 0 aliphatic heterocycles. The van der Waals surface area contributed by atoms with Crippen molar-refractivity contribution in [2.45, 2.75) is 18.1 Å². The minimum absolute atomic E-state index is 0.183. The molecule has 5 heteroatoms. The predicted molar refractivity (Wildman–Crippen MR) is 81.9 cm³/mol. The van der Waals surface area contributed by atoms with Crippen LogP contribution in [0.15, 0.2) is 52.3 Å². The van der Waals surface area contributed by atoms with Gasteiger partial charge in [-0.3, -0.25) is 0 Å². The molecule has 20 heavy (non-hydrogen) atoms. The van der Waals surface area contributed by atoms with Crippen molar-refractivity contribution in [2.75, 3.05) is 12.3 Å². The molecule has 0 fully saturated rings. The van der Waals surface area contributed by atoms with Crippen LogP contribution in [-0.4, -0.2) is 22.3 Å². The van der Waals surface area contributed by atoms with Gasteiger partial charge >= 0.3 is 0 Å². The van der Waals surface area contributed by atoms with E-state index in [4.69, 9.17) is 4.42 Å². The fourth-order valence-corrected chi connectivity index (χ4v) is 3.05. The smallest absolute Gasteiger partial charge is 0.165 e. The third kappa shape index (κ3) is 2.89. The second-order valence-corrected chi connectivity index (χ2v) is 5.51. The van der Waals surface area contributed by atoms with Crippen LogP contribution in [0.3, 0.4) is 0 Å². The van der Waals surface area contributed by atoms with Gasteiger partial charge in [0.15, 0.2) is 5.16 Å². The maximum Gasteiger partial charge on any atom is 0.165 e. The zero-order chi connectivity index (χ0) is 13.8. The SMILES string of the molecule is CCNC(CSc1ncc[nH]1)c1cc2ccccc2o1. The summed E-state index contributed by atoms with van der Waals surface area (Å²) < 4.78 is 5.95. The van der Waals surface area contributed by atoms with Crippen LogP contribution in [0.4, 0.5) is 0 Å². The molecule has 2 N–H and O–H groups in total. The number of H-pyrrole nitrogens is 1. The van der Waals surface area contributed by atoms with Crippen LogP contribution >= 0.6 is 11.8 Å². The molecule has 0 spiro atoms. The minimum atomic E-state index is 0.183. The summed E-state index contributed by atoms with van der Waals surface area (Å²) in [7, 11) is 0. The van der Waals surface area contributed by atoms with Crippen molar-refractivity contribution in [3.05, 3.63) is 48.5 Å². The van der Waals surface area contributed by atoms with E-state index in [2.05, 4.69) is 34.3 Å². The second kappa shape index (κ2) is 6.15. The van der Waals surface area contributed by atoms with Crippen molar-refractivity contribution in [1.29, 1.82) is 0 Å². The van der Waals surface area contributed by atoms with E-state index in [9.17, 15) is 0 Å².